The molecular formula is C21H13F11N4O. The summed E-state index contributed by atoms with van der Waals surface area (Å²) in [5.41, 5.74) is -4.43. The smallest absolute Gasteiger partial charge is 0.435 e. The molecule has 2 aromatic heterocycles. The topological polar surface area (TPSA) is 43.2 Å². The van der Waals surface area contributed by atoms with Crippen molar-refractivity contribution in [1.29, 1.82) is 0 Å². The molecule has 5 nitrogen and oxygen atoms in total. The molecule has 0 spiro atoms. The first-order chi connectivity index (χ1) is 17.2. The molecule has 0 radical (unpaired) electrons. The van der Waals surface area contributed by atoms with Gasteiger partial charge in [0.25, 0.3) is 0 Å². The maximum absolute atomic E-state index is 14.3. The van der Waals surface area contributed by atoms with E-state index in [1.807, 2.05) is 0 Å². The van der Waals surface area contributed by atoms with Crippen LogP contribution in [-0.4, -0.2) is 34.0 Å². The quantitative estimate of drug-likeness (QED) is 0.227. The van der Waals surface area contributed by atoms with Crippen LogP contribution in [-0.2, 0) is 12.4 Å². The highest BCUT2D eigenvalue weighted by molar-refractivity contribution is 5.42. The lowest BCUT2D eigenvalue weighted by Crippen LogP contribution is -2.39. The molecule has 16 heteroatoms. The minimum absolute atomic E-state index is 0.0618. The predicted octanol–water partition coefficient (Wildman–Crippen LogP) is 6.05. The lowest BCUT2D eigenvalue weighted by atomic mass is 10.1. The summed E-state index contributed by atoms with van der Waals surface area (Å²) in [6.45, 7) is 0.234. The molecule has 3 heterocycles. The first-order valence-corrected chi connectivity index (χ1v) is 10.3. The van der Waals surface area contributed by atoms with Crippen LogP contribution in [0.4, 0.5) is 54.1 Å². The highest BCUT2D eigenvalue weighted by Gasteiger charge is 2.38. The molecule has 4 rings (SSSR count). The number of anilines is 1. The molecular weight excluding hydrogens is 533 g/mol. The summed E-state index contributed by atoms with van der Waals surface area (Å²) in [5, 5.41) is 2.96. The molecule has 1 saturated heterocycles. The van der Waals surface area contributed by atoms with Crippen molar-refractivity contribution in [2.75, 3.05) is 18.0 Å². The Hall–Kier alpha value is -3.59. The third-order valence-corrected chi connectivity index (χ3v) is 5.49. The van der Waals surface area contributed by atoms with E-state index < -0.39 is 70.4 Å². The molecule has 1 fully saturated rings. The highest BCUT2D eigenvalue weighted by atomic mass is 19.4. The van der Waals surface area contributed by atoms with Gasteiger partial charge >= 0.3 is 12.4 Å². The molecule has 37 heavy (non-hydrogen) atoms. The molecule has 0 unspecified atom stereocenters. The highest BCUT2D eigenvalue weighted by Crippen LogP contribution is 2.36. The molecule has 0 N–H and O–H groups in total. The fourth-order valence-electron chi connectivity index (χ4n) is 3.64. The van der Waals surface area contributed by atoms with Crippen LogP contribution in [0.3, 0.4) is 0 Å². The van der Waals surface area contributed by atoms with E-state index in [4.69, 9.17) is 4.74 Å². The zero-order valence-corrected chi connectivity index (χ0v) is 18.1. The summed E-state index contributed by atoms with van der Waals surface area (Å²) in [6.07, 6.45) is -9.87. The van der Waals surface area contributed by atoms with Crippen molar-refractivity contribution < 1.29 is 53.0 Å². The molecule has 3 aromatic rings. The number of halogens is 11. The summed E-state index contributed by atoms with van der Waals surface area (Å²) in [4.78, 5) is 5.32. The van der Waals surface area contributed by atoms with E-state index in [0.29, 0.717) is 6.20 Å². The van der Waals surface area contributed by atoms with Gasteiger partial charge in [-0.1, -0.05) is 0 Å². The zero-order chi connectivity index (χ0) is 27.3. The molecule has 1 aliphatic heterocycles. The Morgan fingerprint density at radius 1 is 0.784 bits per heavy atom. The number of rotatable bonds is 4. The summed E-state index contributed by atoms with van der Waals surface area (Å²) >= 11 is 0. The van der Waals surface area contributed by atoms with Crippen LogP contribution < -0.4 is 9.64 Å². The molecule has 0 aliphatic carbocycles. The number of hydrogen-bond donors (Lipinski definition) is 0. The van der Waals surface area contributed by atoms with E-state index in [0.717, 1.165) is 12.1 Å². The van der Waals surface area contributed by atoms with Gasteiger partial charge in [0.2, 0.25) is 11.7 Å². The molecule has 0 saturated carbocycles. The van der Waals surface area contributed by atoms with E-state index in [2.05, 4.69) is 10.1 Å². The van der Waals surface area contributed by atoms with Gasteiger partial charge in [-0.15, -0.1) is 0 Å². The second-order valence-electron chi connectivity index (χ2n) is 7.90. The van der Waals surface area contributed by atoms with E-state index >= 15 is 0 Å². The van der Waals surface area contributed by atoms with Gasteiger partial charge in [0.1, 0.15) is 17.6 Å². The number of alkyl halides is 6. The summed E-state index contributed by atoms with van der Waals surface area (Å²) in [7, 11) is 0. The van der Waals surface area contributed by atoms with Crippen molar-refractivity contribution in [3.63, 3.8) is 0 Å². The molecule has 200 valence electrons. The SMILES string of the molecule is Fc1c(F)c(F)c(-n2nc(C(F)(F)F)cc2OC2CCN(c3ccc(C(F)(F)F)cn3)CC2)c(F)c1F. The van der Waals surface area contributed by atoms with Crippen LogP contribution in [0, 0.1) is 29.1 Å². The van der Waals surface area contributed by atoms with Gasteiger partial charge in [0.15, 0.2) is 29.0 Å². The minimum atomic E-state index is -5.15. The monoisotopic (exact) mass is 546 g/mol. The predicted molar refractivity (Wildman–Crippen MR) is 103 cm³/mol. The Morgan fingerprint density at radius 3 is 1.84 bits per heavy atom. The molecule has 0 amide bonds. The molecule has 1 aromatic carbocycles. The molecule has 0 bridgehead atoms. The molecule has 1 aliphatic rings. The van der Waals surface area contributed by atoms with Gasteiger partial charge in [0.05, 0.1) is 5.56 Å². The number of aromatic nitrogens is 3. The van der Waals surface area contributed by atoms with E-state index in [-0.39, 0.29) is 42.5 Å². The van der Waals surface area contributed by atoms with Gasteiger partial charge < -0.3 is 9.64 Å². The van der Waals surface area contributed by atoms with Gasteiger partial charge in [-0.3, -0.25) is 0 Å². The van der Waals surface area contributed by atoms with Crippen LogP contribution >= 0.6 is 0 Å². The van der Waals surface area contributed by atoms with Crippen molar-refractivity contribution in [3.8, 4) is 11.6 Å². The number of benzene rings is 1. The first kappa shape index (κ1) is 26.5. The number of pyridine rings is 1. The summed E-state index contributed by atoms with van der Waals surface area (Å²) in [6, 6.07) is 2.21. The Bertz CT molecular complexity index is 1260. The lowest BCUT2D eigenvalue weighted by Gasteiger charge is -2.33. The maximum Gasteiger partial charge on any atom is 0.435 e. The third-order valence-electron chi connectivity index (χ3n) is 5.49. The standard InChI is InChI=1S/C21H13F11N4O/c22-14-15(23)17(25)19(18(26)16(14)24)36-13(7-11(34-36)21(30,31)32)37-10-3-5-35(6-4-10)12-2-1-9(8-33-12)20(27,28)29/h1-2,7-8,10H,3-6H2. The van der Waals surface area contributed by atoms with E-state index in [1.54, 1.807) is 4.90 Å². The van der Waals surface area contributed by atoms with Crippen LogP contribution in [0.25, 0.3) is 5.69 Å². The normalized spacial score (nSPS) is 15.4. The minimum Gasteiger partial charge on any atom is -0.474 e. The van der Waals surface area contributed by atoms with Crippen molar-refractivity contribution in [1.82, 2.24) is 14.8 Å². The average Bonchev–Trinajstić information content (AvgIpc) is 3.25. The first-order valence-electron chi connectivity index (χ1n) is 10.3. The lowest BCUT2D eigenvalue weighted by molar-refractivity contribution is -0.141. The van der Waals surface area contributed by atoms with Gasteiger partial charge in [-0.2, -0.15) is 36.1 Å². The van der Waals surface area contributed by atoms with Crippen LogP contribution in [0.15, 0.2) is 24.4 Å². The molecule has 0 atom stereocenters. The number of ether oxygens (including phenoxy) is 1. The Balaban J connectivity index is 1.58. The van der Waals surface area contributed by atoms with Crippen LogP contribution in [0.5, 0.6) is 5.88 Å². The summed E-state index contributed by atoms with van der Waals surface area (Å²) in [5.74, 6) is -12.8. The second kappa shape index (κ2) is 9.37. The van der Waals surface area contributed by atoms with Crippen molar-refractivity contribution in [3.05, 3.63) is 64.7 Å². The fraction of sp³-hybridized carbons (Fsp3) is 0.333. The summed E-state index contributed by atoms with van der Waals surface area (Å²) < 4.78 is 152. The van der Waals surface area contributed by atoms with Gasteiger partial charge in [0, 0.05) is 38.2 Å². The number of piperidine rings is 1. The van der Waals surface area contributed by atoms with Crippen LogP contribution in [0.2, 0.25) is 0 Å². The van der Waals surface area contributed by atoms with E-state index in [9.17, 15) is 48.3 Å². The van der Waals surface area contributed by atoms with Gasteiger partial charge in [-0.25, -0.2) is 26.9 Å². The fourth-order valence-corrected chi connectivity index (χ4v) is 3.64. The van der Waals surface area contributed by atoms with Gasteiger partial charge in [-0.05, 0) is 12.1 Å². The third kappa shape index (κ3) is 5.13. The number of nitrogens with zero attached hydrogens (tertiary/aromatic N) is 4. The maximum atomic E-state index is 14.3. The largest absolute Gasteiger partial charge is 0.474 e. The van der Waals surface area contributed by atoms with Crippen molar-refractivity contribution >= 4 is 5.82 Å². The van der Waals surface area contributed by atoms with Crippen molar-refractivity contribution in [2.24, 2.45) is 0 Å². The zero-order valence-electron chi connectivity index (χ0n) is 18.1. The van der Waals surface area contributed by atoms with Crippen molar-refractivity contribution in [2.45, 2.75) is 31.3 Å². The Kier molecular flexibility index (Phi) is 6.71. The number of hydrogen-bond acceptors (Lipinski definition) is 4. The second-order valence-corrected chi connectivity index (χ2v) is 7.90. The Morgan fingerprint density at radius 2 is 1.35 bits per heavy atom. The average molecular weight is 546 g/mol. The van der Waals surface area contributed by atoms with Crippen LogP contribution in [0.1, 0.15) is 24.1 Å². The van der Waals surface area contributed by atoms with E-state index in [1.165, 1.54) is 0 Å². The Labute approximate surface area is 200 Å².